The molecule has 2 aromatic rings. The number of hydrogen-bond donors (Lipinski definition) is 2. The standard InChI is InChI=1S/C14H14FNO/c15-12-8-6-11(7-9-12)14(10-17)16-13-4-2-1-3-5-13/h1-9,14,16-17H,10H2/t14-/m0/s1. The monoisotopic (exact) mass is 231 g/mol. The van der Waals surface area contributed by atoms with Crippen molar-refractivity contribution in [3.63, 3.8) is 0 Å². The Morgan fingerprint density at radius 1 is 1.00 bits per heavy atom. The second-order valence-corrected chi connectivity index (χ2v) is 3.80. The van der Waals surface area contributed by atoms with Crippen LogP contribution in [-0.4, -0.2) is 11.7 Å². The zero-order valence-corrected chi connectivity index (χ0v) is 9.31. The maximum atomic E-state index is 12.8. The quantitative estimate of drug-likeness (QED) is 0.847. The average molecular weight is 231 g/mol. The number of rotatable bonds is 4. The number of para-hydroxylation sites is 1. The molecule has 2 rings (SSSR count). The third kappa shape index (κ3) is 3.04. The molecule has 0 aliphatic rings. The molecule has 0 amide bonds. The topological polar surface area (TPSA) is 32.3 Å². The molecule has 0 heterocycles. The molecular formula is C14H14FNO. The minimum atomic E-state index is -0.273. The molecule has 0 saturated heterocycles. The molecule has 0 spiro atoms. The zero-order chi connectivity index (χ0) is 12.1. The van der Waals surface area contributed by atoms with Crippen LogP contribution in [0.1, 0.15) is 11.6 Å². The summed E-state index contributed by atoms with van der Waals surface area (Å²) in [6, 6.07) is 15.5. The summed E-state index contributed by atoms with van der Waals surface area (Å²) in [5.41, 5.74) is 1.79. The first-order valence-electron chi connectivity index (χ1n) is 5.47. The highest BCUT2D eigenvalue weighted by Gasteiger charge is 2.09. The van der Waals surface area contributed by atoms with Gasteiger partial charge in [-0.1, -0.05) is 30.3 Å². The predicted molar refractivity (Wildman–Crippen MR) is 66.3 cm³/mol. The van der Waals surface area contributed by atoms with Crippen molar-refractivity contribution in [1.29, 1.82) is 0 Å². The summed E-state index contributed by atoms with van der Waals surface area (Å²) in [5, 5.41) is 12.5. The summed E-state index contributed by atoms with van der Waals surface area (Å²) < 4.78 is 12.8. The Bertz CT molecular complexity index is 455. The molecule has 88 valence electrons. The van der Waals surface area contributed by atoms with Gasteiger partial charge in [0.1, 0.15) is 5.82 Å². The lowest BCUT2D eigenvalue weighted by molar-refractivity contribution is 0.276. The Balaban J connectivity index is 2.14. The van der Waals surface area contributed by atoms with Crippen molar-refractivity contribution in [2.24, 2.45) is 0 Å². The van der Waals surface area contributed by atoms with Crippen LogP contribution in [0.25, 0.3) is 0 Å². The van der Waals surface area contributed by atoms with Crippen LogP contribution < -0.4 is 5.32 Å². The summed E-state index contributed by atoms with van der Waals surface area (Å²) in [7, 11) is 0. The van der Waals surface area contributed by atoms with Gasteiger partial charge in [0, 0.05) is 5.69 Å². The number of anilines is 1. The summed E-state index contributed by atoms with van der Waals surface area (Å²) in [6.45, 7) is -0.0411. The van der Waals surface area contributed by atoms with Gasteiger partial charge >= 0.3 is 0 Å². The van der Waals surface area contributed by atoms with Gasteiger partial charge in [0.25, 0.3) is 0 Å². The van der Waals surface area contributed by atoms with Crippen LogP contribution in [0.3, 0.4) is 0 Å². The van der Waals surface area contributed by atoms with E-state index in [1.165, 1.54) is 12.1 Å². The molecule has 3 heteroatoms. The van der Waals surface area contributed by atoms with Crippen molar-refractivity contribution in [3.8, 4) is 0 Å². The molecule has 0 aliphatic heterocycles. The average Bonchev–Trinajstić information content (AvgIpc) is 2.38. The molecule has 0 aliphatic carbocycles. The number of hydrogen-bond acceptors (Lipinski definition) is 2. The zero-order valence-electron chi connectivity index (χ0n) is 9.31. The lowest BCUT2D eigenvalue weighted by Crippen LogP contribution is -2.14. The molecule has 0 bridgehead atoms. The lowest BCUT2D eigenvalue weighted by Gasteiger charge is -2.17. The first kappa shape index (κ1) is 11.6. The van der Waals surface area contributed by atoms with Crippen LogP contribution >= 0.6 is 0 Å². The Morgan fingerprint density at radius 2 is 1.65 bits per heavy atom. The fraction of sp³-hybridized carbons (Fsp3) is 0.143. The van der Waals surface area contributed by atoms with Crippen molar-refractivity contribution < 1.29 is 9.50 Å². The molecule has 0 aromatic heterocycles. The van der Waals surface area contributed by atoms with Crippen molar-refractivity contribution >= 4 is 5.69 Å². The third-order valence-corrected chi connectivity index (χ3v) is 2.57. The van der Waals surface area contributed by atoms with E-state index in [1.807, 2.05) is 30.3 Å². The molecular weight excluding hydrogens is 217 g/mol. The number of benzene rings is 2. The molecule has 0 saturated carbocycles. The SMILES string of the molecule is OC[C@H](Nc1ccccc1)c1ccc(F)cc1. The van der Waals surface area contributed by atoms with Crippen molar-refractivity contribution in [2.45, 2.75) is 6.04 Å². The van der Waals surface area contributed by atoms with Gasteiger partial charge in [-0.25, -0.2) is 4.39 Å². The van der Waals surface area contributed by atoms with E-state index < -0.39 is 0 Å². The highest BCUT2D eigenvalue weighted by Crippen LogP contribution is 2.19. The Kier molecular flexibility index (Phi) is 3.73. The highest BCUT2D eigenvalue weighted by molar-refractivity contribution is 5.45. The van der Waals surface area contributed by atoms with Crippen LogP contribution in [-0.2, 0) is 0 Å². The normalized spacial score (nSPS) is 12.1. The van der Waals surface area contributed by atoms with E-state index in [4.69, 9.17) is 0 Å². The van der Waals surface area contributed by atoms with Crippen LogP contribution in [0.2, 0.25) is 0 Å². The lowest BCUT2D eigenvalue weighted by atomic mass is 10.1. The van der Waals surface area contributed by atoms with Crippen LogP contribution in [0.4, 0.5) is 10.1 Å². The molecule has 0 radical (unpaired) electrons. The smallest absolute Gasteiger partial charge is 0.123 e. The fourth-order valence-electron chi connectivity index (χ4n) is 1.67. The summed E-state index contributed by atoms with van der Waals surface area (Å²) in [4.78, 5) is 0. The van der Waals surface area contributed by atoms with Gasteiger partial charge in [-0.2, -0.15) is 0 Å². The maximum absolute atomic E-state index is 12.8. The van der Waals surface area contributed by atoms with Gasteiger partial charge in [-0.3, -0.25) is 0 Å². The first-order valence-corrected chi connectivity index (χ1v) is 5.47. The Labute approximate surface area is 99.7 Å². The molecule has 0 fully saturated rings. The summed E-state index contributed by atoms with van der Waals surface area (Å²) >= 11 is 0. The molecule has 2 N–H and O–H groups in total. The minimum Gasteiger partial charge on any atom is -0.394 e. The number of aliphatic hydroxyl groups excluding tert-OH is 1. The van der Waals surface area contributed by atoms with Crippen molar-refractivity contribution in [2.75, 3.05) is 11.9 Å². The Hall–Kier alpha value is -1.87. The van der Waals surface area contributed by atoms with E-state index in [-0.39, 0.29) is 18.5 Å². The van der Waals surface area contributed by atoms with E-state index >= 15 is 0 Å². The van der Waals surface area contributed by atoms with Crippen molar-refractivity contribution in [1.82, 2.24) is 0 Å². The Morgan fingerprint density at radius 3 is 2.24 bits per heavy atom. The van der Waals surface area contributed by atoms with Crippen molar-refractivity contribution in [3.05, 3.63) is 66.0 Å². The highest BCUT2D eigenvalue weighted by atomic mass is 19.1. The number of nitrogens with one attached hydrogen (secondary N) is 1. The van der Waals surface area contributed by atoms with Gasteiger partial charge < -0.3 is 10.4 Å². The number of aliphatic hydroxyl groups is 1. The van der Waals surface area contributed by atoms with Crippen LogP contribution in [0.5, 0.6) is 0 Å². The second-order valence-electron chi connectivity index (χ2n) is 3.80. The van der Waals surface area contributed by atoms with Gasteiger partial charge in [0.05, 0.1) is 12.6 Å². The third-order valence-electron chi connectivity index (χ3n) is 2.57. The minimum absolute atomic E-state index is 0.0411. The first-order chi connectivity index (χ1) is 8.29. The molecule has 2 nitrogen and oxygen atoms in total. The second kappa shape index (κ2) is 5.46. The van der Waals surface area contributed by atoms with E-state index in [0.29, 0.717) is 0 Å². The molecule has 2 aromatic carbocycles. The largest absolute Gasteiger partial charge is 0.394 e. The fourth-order valence-corrected chi connectivity index (χ4v) is 1.67. The van der Waals surface area contributed by atoms with Crippen LogP contribution in [0, 0.1) is 5.82 Å². The van der Waals surface area contributed by atoms with Gasteiger partial charge in [-0.05, 0) is 29.8 Å². The van der Waals surface area contributed by atoms with Gasteiger partial charge in [0.15, 0.2) is 0 Å². The molecule has 17 heavy (non-hydrogen) atoms. The van der Waals surface area contributed by atoms with E-state index in [0.717, 1.165) is 11.3 Å². The number of halogens is 1. The van der Waals surface area contributed by atoms with E-state index in [9.17, 15) is 9.50 Å². The van der Waals surface area contributed by atoms with Gasteiger partial charge in [-0.15, -0.1) is 0 Å². The van der Waals surface area contributed by atoms with Gasteiger partial charge in [0.2, 0.25) is 0 Å². The van der Waals surface area contributed by atoms with E-state index in [1.54, 1.807) is 12.1 Å². The van der Waals surface area contributed by atoms with E-state index in [2.05, 4.69) is 5.32 Å². The molecule has 0 unspecified atom stereocenters. The maximum Gasteiger partial charge on any atom is 0.123 e. The molecule has 1 atom stereocenters. The predicted octanol–water partition coefficient (Wildman–Crippen LogP) is 2.97. The van der Waals surface area contributed by atoms with Crippen LogP contribution in [0.15, 0.2) is 54.6 Å². The summed E-state index contributed by atoms with van der Waals surface area (Å²) in [6.07, 6.45) is 0. The summed E-state index contributed by atoms with van der Waals surface area (Å²) in [5.74, 6) is -0.273.